The van der Waals surface area contributed by atoms with Gasteiger partial charge in [-0.15, -0.1) is 11.8 Å². The molecule has 4 heteroatoms. The van der Waals surface area contributed by atoms with Crippen molar-refractivity contribution in [1.82, 2.24) is 0 Å². The normalized spacial score (nSPS) is 12.2. The first-order valence-electron chi connectivity index (χ1n) is 6.86. The Balaban J connectivity index is 1.97. The van der Waals surface area contributed by atoms with Gasteiger partial charge in [0.1, 0.15) is 11.6 Å². The average molecular weight is 305 g/mol. The molecule has 0 saturated carbocycles. The summed E-state index contributed by atoms with van der Waals surface area (Å²) in [6.45, 7) is 2.04. The van der Waals surface area contributed by atoms with E-state index in [9.17, 15) is 4.39 Å². The highest BCUT2D eigenvalue weighted by Crippen LogP contribution is 2.25. The lowest BCUT2D eigenvalue weighted by atomic mass is 10.0. The molecule has 1 atom stereocenters. The molecule has 0 spiro atoms. The summed E-state index contributed by atoms with van der Waals surface area (Å²) in [6.07, 6.45) is 0.715. The summed E-state index contributed by atoms with van der Waals surface area (Å²) >= 11 is 1.45. The van der Waals surface area contributed by atoms with Crippen molar-refractivity contribution in [2.24, 2.45) is 5.73 Å². The average Bonchev–Trinajstić information content (AvgIpc) is 2.47. The Labute approximate surface area is 129 Å². The van der Waals surface area contributed by atoms with Crippen molar-refractivity contribution in [2.45, 2.75) is 24.3 Å². The van der Waals surface area contributed by atoms with Gasteiger partial charge in [0.25, 0.3) is 0 Å². The minimum absolute atomic E-state index is 0.0506. The van der Waals surface area contributed by atoms with Crippen LogP contribution in [0.25, 0.3) is 0 Å². The van der Waals surface area contributed by atoms with Crippen LogP contribution in [0.2, 0.25) is 0 Å². The molecule has 0 bridgehead atoms. The molecular formula is C17H20FNOS. The van der Waals surface area contributed by atoms with E-state index < -0.39 is 0 Å². The number of nitrogens with two attached hydrogens (primary N) is 1. The van der Waals surface area contributed by atoms with Gasteiger partial charge >= 0.3 is 0 Å². The van der Waals surface area contributed by atoms with E-state index in [1.54, 1.807) is 19.2 Å². The third kappa shape index (κ3) is 4.48. The predicted molar refractivity (Wildman–Crippen MR) is 86.5 cm³/mol. The Morgan fingerprint density at radius 3 is 2.71 bits per heavy atom. The number of benzene rings is 2. The first kappa shape index (κ1) is 15.9. The number of halogens is 1. The van der Waals surface area contributed by atoms with Crippen LogP contribution in [0.5, 0.6) is 5.75 Å². The molecule has 2 N–H and O–H groups in total. The molecule has 0 aliphatic rings. The fourth-order valence-electron chi connectivity index (χ4n) is 2.17. The summed E-state index contributed by atoms with van der Waals surface area (Å²) < 4.78 is 18.9. The molecule has 0 aliphatic heterocycles. The molecule has 2 aromatic carbocycles. The maximum atomic E-state index is 13.6. The topological polar surface area (TPSA) is 35.2 Å². The lowest BCUT2D eigenvalue weighted by Gasteiger charge is -2.15. The van der Waals surface area contributed by atoms with E-state index >= 15 is 0 Å². The number of methoxy groups -OCH3 is 1. The summed E-state index contributed by atoms with van der Waals surface area (Å²) in [4.78, 5) is 0.643. The highest BCUT2D eigenvalue weighted by atomic mass is 32.2. The van der Waals surface area contributed by atoms with Gasteiger partial charge in [-0.05, 0) is 37.1 Å². The molecule has 1 unspecified atom stereocenters. The second kappa shape index (κ2) is 7.48. The molecule has 0 aliphatic carbocycles. The predicted octanol–water partition coefficient (Wildman–Crippen LogP) is 3.80. The van der Waals surface area contributed by atoms with Crippen molar-refractivity contribution in [3.05, 3.63) is 59.4 Å². The molecular weight excluding hydrogens is 285 g/mol. The van der Waals surface area contributed by atoms with E-state index in [2.05, 4.69) is 6.07 Å². The highest BCUT2D eigenvalue weighted by Gasteiger charge is 2.11. The summed E-state index contributed by atoms with van der Waals surface area (Å²) in [7, 11) is 1.66. The zero-order valence-electron chi connectivity index (χ0n) is 12.3. The quantitative estimate of drug-likeness (QED) is 0.824. The van der Waals surface area contributed by atoms with Gasteiger partial charge in [-0.25, -0.2) is 4.39 Å². The molecule has 0 heterocycles. The molecule has 2 rings (SSSR count). The van der Waals surface area contributed by atoms with Crippen LogP contribution in [0, 0.1) is 12.7 Å². The van der Waals surface area contributed by atoms with Gasteiger partial charge in [0.15, 0.2) is 0 Å². The van der Waals surface area contributed by atoms with Crippen molar-refractivity contribution >= 4 is 11.8 Å². The number of rotatable bonds is 6. The Bertz CT molecular complexity index is 603. The van der Waals surface area contributed by atoms with E-state index in [0.29, 0.717) is 17.1 Å². The first-order valence-corrected chi connectivity index (χ1v) is 7.85. The van der Waals surface area contributed by atoms with Gasteiger partial charge in [0.05, 0.1) is 7.11 Å². The Kier molecular flexibility index (Phi) is 5.65. The van der Waals surface area contributed by atoms with Crippen molar-refractivity contribution < 1.29 is 9.13 Å². The van der Waals surface area contributed by atoms with E-state index in [1.165, 1.54) is 23.4 Å². The van der Waals surface area contributed by atoms with E-state index in [4.69, 9.17) is 10.5 Å². The van der Waals surface area contributed by atoms with E-state index in [0.717, 1.165) is 11.3 Å². The second-order valence-corrected chi connectivity index (χ2v) is 6.08. The maximum absolute atomic E-state index is 13.6. The first-order chi connectivity index (χ1) is 10.1. The van der Waals surface area contributed by atoms with Crippen molar-refractivity contribution in [3.8, 4) is 5.75 Å². The molecule has 0 fully saturated rings. The molecule has 112 valence electrons. The number of hydrogen-bond donors (Lipinski definition) is 1. The van der Waals surface area contributed by atoms with Crippen LogP contribution in [0.1, 0.15) is 11.1 Å². The Morgan fingerprint density at radius 2 is 2.00 bits per heavy atom. The standard InChI is InChI=1S/C17H20FNOS/c1-12-7-8-16(20-2)13(9-12)10-14(19)11-21-17-6-4-3-5-15(17)18/h3-9,14H,10-11,19H2,1-2H3. The zero-order chi connectivity index (χ0) is 15.2. The van der Waals surface area contributed by atoms with Crippen LogP contribution in [0.3, 0.4) is 0 Å². The van der Waals surface area contributed by atoms with Crippen LogP contribution < -0.4 is 10.5 Å². The summed E-state index contributed by atoms with van der Waals surface area (Å²) in [5, 5.41) is 0. The van der Waals surface area contributed by atoms with Crippen LogP contribution in [0.15, 0.2) is 47.4 Å². The van der Waals surface area contributed by atoms with Gasteiger partial charge in [0.2, 0.25) is 0 Å². The van der Waals surface area contributed by atoms with Crippen molar-refractivity contribution in [3.63, 3.8) is 0 Å². The van der Waals surface area contributed by atoms with E-state index in [1.807, 2.05) is 25.1 Å². The van der Waals surface area contributed by atoms with E-state index in [-0.39, 0.29) is 11.9 Å². The molecule has 0 radical (unpaired) electrons. The fourth-order valence-corrected chi connectivity index (χ4v) is 3.06. The molecule has 21 heavy (non-hydrogen) atoms. The smallest absolute Gasteiger partial charge is 0.136 e. The highest BCUT2D eigenvalue weighted by molar-refractivity contribution is 7.99. The third-order valence-corrected chi connectivity index (χ3v) is 4.44. The lowest BCUT2D eigenvalue weighted by Crippen LogP contribution is -2.25. The molecule has 0 amide bonds. The lowest BCUT2D eigenvalue weighted by molar-refractivity contribution is 0.408. The number of ether oxygens (including phenoxy) is 1. The fraction of sp³-hybridized carbons (Fsp3) is 0.294. The van der Waals surface area contributed by atoms with Crippen LogP contribution in [-0.2, 0) is 6.42 Å². The minimum atomic E-state index is -0.192. The van der Waals surface area contributed by atoms with Crippen LogP contribution >= 0.6 is 11.8 Å². The molecule has 2 nitrogen and oxygen atoms in total. The minimum Gasteiger partial charge on any atom is -0.496 e. The Morgan fingerprint density at radius 1 is 1.24 bits per heavy atom. The Hall–Kier alpha value is -1.52. The zero-order valence-corrected chi connectivity index (χ0v) is 13.1. The van der Waals surface area contributed by atoms with Gasteiger partial charge in [-0.1, -0.05) is 29.8 Å². The van der Waals surface area contributed by atoms with Crippen molar-refractivity contribution in [1.29, 1.82) is 0 Å². The number of hydrogen-bond acceptors (Lipinski definition) is 3. The monoisotopic (exact) mass is 305 g/mol. The number of aryl methyl sites for hydroxylation is 1. The second-order valence-electron chi connectivity index (χ2n) is 5.02. The third-order valence-electron chi connectivity index (χ3n) is 3.21. The van der Waals surface area contributed by atoms with Gasteiger partial charge < -0.3 is 10.5 Å². The van der Waals surface area contributed by atoms with Crippen LogP contribution in [-0.4, -0.2) is 18.9 Å². The van der Waals surface area contributed by atoms with Gasteiger partial charge in [-0.3, -0.25) is 0 Å². The van der Waals surface area contributed by atoms with Gasteiger partial charge in [-0.2, -0.15) is 0 Å². The maximum Gasteiger partial charge on any atom is 0.136 e. The molecule has 0 saturated heterocycles. The van der Waals surface area contributed by atoms with Gasteiger partial charge in [0, 0.05) is 16.7 Å². The van der Waals surface area contributed by atoms with Crippen LogP contribution in [0.4, 0.5) is 4.39 Å². The molecule has 0 aromatic heterocycles. The molecule has 2 aromatic rings. The number of thioether (sulfide) groups is 1. The SMILES string of the molecule is COc1ccc(C)cc1CC(N)CSc1ccccc1F. The largest absolute Gasteiger partial charge is 0.496 e. The summed E-state index contributed by atoms with van der Waals surface area (Å²) in [5.74, 6) is 1.33. The summed E-state index contributed by atoms with van der Waals surface area (Å²) in [6, 6.07) is 12.8. The van der Waals surface area contributed by atoms with Crippen molar-refractivity contribution in [2.75, 3.05) is 12.9 Å². The summed E-state index contributed by atoms with van der Waals surface area (Å²) in [5.41, 5.74) is 8.46.